The highest BCUT2D eigenvalue weighted by atomic mass is 16.5. The fraction of sp³-hybridized carbons (Fsp3) is 0.440. The maximum Gasteiger partial charge on any atom is 0.257 e. The Labute approximate surface area is 192 Å². The van der Waals surface area contributed by atoms with Crippen LogP contribution in [0.5, 0.6) is 0 Å². The number of hydrogen-bond acceptors (Lipinski definition) is 6. The van der Waals surface area contributed by atoms with E-state index in [2.05, 4.69) is 4.98 Å². The average Bonchev–Trinajstić information content (AvgIpc) is 3.23. The predicted octanol–water partition coefficient (Wildman–Crippen LogP) is 3.68. The molecule has 0 saturated carbocycles. The second kappa shape index (κ2) is 8.94. The number of ether oxygens (including phenoxy) is 1. The zero-order chi connectivity index (χ0) is 22.9. The molecule has 2 aromatic heterocycles. The zero-order valence-corrected chi connectivity index (χ0v) is 19.0. The lowest BCUT2D eigenvalue weighted by atomic mass is 9.99. The third kappa shape index (κ3) is 4.23. The predicted molar refractivity (Wildman–Crippen MR) is 122 cm³/mol. The third-order valence-corrected chi connectivity index (χ3v) is 6.47. The second-order valence-electron chi connectivity index (χ2n) is 8.75. The molecule has 5 rings (SSSR count). The Morgan fingerprint density at radius 2 is 1.85 bits per heavy atom. The minimum atomic E-state index is -0.209. The standard InChI is InChI=1S/C25H28N4O4/c1-16-13-19-14-18(6-7-22(19)33-16)24(30)29-8-4-3-5-21(29)23-26-15-20(17(2)27-23)25(31)28-9-11-32-12-10-28/h6-7,13-15,21H,3-5,8-12H2,1-2H3. The molecule has 8 nitrogen and oxygen atoms in total. The molecule has 2 saturated heterocycles. The molecule has 0 radical (unpaired) electrons. The van der Waals surface area contributed by atoms with Gasteiger partial charge >= 0.3 is 0 Å². The minimum absolute atomic E-state index is 0.0322. The number of benzene rings is 1. The highest BCUT2D eigenvalue weighted by molar-refractivity contribution is 5.98. The van der Waals surface area contributed by atoms with Crippen LogP contribution in [0.4, 0.5) is 0 Å². The number of piperidine rings is 1. The van der Waals surface area contributed by atoms with Gasteiger partial charge in [0.05, 0.1) is 30.5 Å². The summed E-state index contributed by atoms with van der Waals surface area (Å²) in [6.45, 7) is 6.64. The van der Waals surface area contributed by atoms with E-state index in [0.29, 0.717) is 55.5 Å². The molecule has 4 heterocycles. The van der Waals surface area contributed by atoms with Crippen LogP contribution in [-0.2, 0) is 4.74 Å². The van der Waals surface area contributed by atoms with Crippen molar-refractivity contribution in [2.75, 3.05) is 32.8 Å². The largest absolute Gasteiger partial charge is 0.461 e. The van der Waals surface area contributed by atoms with Crippen molar-refractivity contribution in [1.82, 2.24) is 19.8 Å². The maximum absolute atomic E-state index is 13.5. The normalized spacial score (nSPS) is 19.2. The Morgan fingerprint density at radius 1 is 1.03 bits per heavy atom. The monoisotopic (exact) mass is 448 g/mol. The lowest BCUT2D eigenvalue weighted by Gasteiger charge is -2.35. The molecular formula is C25H28N4O4. The number of likely N-dealkylation sites (tertiary alicyclic amines) is 1. The van der Waals surface area contributed by atoms with Gasteiger partial charge in [0.1, 0.15) is 11.3 Å². The molecule has 2 aliphatic heterocycles. The Balaban J connectivity index is 1.40. The molecule has 1 atom stereocenters. The topological polar surface area (TPSA) is 88.8 Å². The van der Waals surface area contributed by atoms with Crippen LogP contribution in [0.15, 0.2) is 34.9 Å². The van der Waals surface area contributed by atoms with Crippen LogP contribution < -0.4 is 0 Å². The van der Waals surface area contributed by atoms with Gasteiger partial charge in [0.2, 0.25) is 0 Å². The molecule has 3 aromatic rings. The summed E-state index contributed by atoms with van der Waals surface area (Å²) in [5.74, 6) is 1.32. The number of aryl methyl sites for hydroxylation is 2. The maximum atomic E-state index is 13.5. The van der Waals surface area contributed by atoms with Crippen LogP contribution in [0.1, 0.15) is 63.3 Å². The van der Waals surface area contributed by atoms with E-state index < -0.39 is 0 Å². The molecule has 0 spiro atoms. The summed E-state index contributed by atoms with van der Waals surface area (Å²) in [5, 5.41) is 0.921. The smallest absolute Gasteiger partial charge is 0.257 e. The van der Waals surface area contributed by atoms with Gasteiger partial charge in [0, 0.05) is 36.8 Å². The summed E-state index contributed by atoms with van der Waals surface area (Å²) in [6.07, 6.45) is 4.37. The van der Waals surface area contributed by atoms with E-state index in [0.717, 1.165) is 36.0 Å². The van der Waals surface area contributed by atoms with Crippen LogP contribution in [0.2, 0.25) is 0 Å². The number of carbonyl (C=O) groups excluding carboxylic acids is 2. The van der Waals surface area contributed by atoms with Gasteiger partial charge in [-0.15, -0.1) is 0 Å². The average molecular weight is 449 g/mol. The highest BCUT2D eigenvalue weighted by Gasteiger charge is 2.32. The molecule has 8 heteroatoms. The number of amides is 2. The number of fused-ring (bicyclic) bond motifs is 1. The zero-order valence-electron chi connectivity index (χ0n) is 19.0. The molecule has 172 valence electrons. The second-order valence-corrected chi connectivity index (χ2v) is 8.75. The molecule has 0 bridgehead atoms. The van der Waals surface area contributed by atoms with Crippen LogP contribution in [0.25, 0.3) is 11.0 Å². The van der Waals surface area contributed by atoms with E-state index in [9.17, 15) is 9.59 Å². The van der Waals surface area contributed by atoms with Gasteiger partial charge in [0.15, 0.2) is 5.82 Å². The van der Waals surface area contributed by atoms with E-state index >= 15 is 0 Å². The third-order valence-electron chi connectivity index (χ3n) is 6.47. The van der Waals surface area contributed by atoms with Crippen LogP contribution in [0.3, 0.4) is 0 Å². The number of furan rings is 1. The molecule has 0 aliphatic carbocycles. The number of hydrogen-bond donors (Lipinski definition) is 0. The van der Waals surface area contributed by atoms with Crippen molar-refractivity contribution >= 4 is 22.8 Å². The fourth-order valence-electron chi connectivity index (χ4n) is 4.71. The molecule has 1 unspecified atom stereocenters. The van der Waals surface area contributed by atoms with Crippen LogP contribution in [0, 0.1) is 13.8 Å². The van der Waals surface area contributed by atoms with Gasteiger partial charge in [-0.1, -0.05) is 0 Å². The Hall–Kier alpha value is -3.26. The van der Waals surface area contributed by atoms with E-state index in [-0.39, 0.29) is 17.9 Å². The van der Waals surface area contributed by atoms with Gasteiger partial charge in [-0.2, -0.15) is 0 Å². The summed E-state index contributed by atoms with van der Waals surface area (Å²) in [5.41, 5.74) is 2.56. The van der Waals surface area contributed by atoms with Crippen molar-refractivity contribution in [3.63, 3.8) is 0 Å². The Kier molecular flexibility index (Phi) is 5.85. The van der Waals surface area contributed by atoms with Crippen molar-refractivity contribution in [2.24, 2.45) is 0 Å². The minimum Gasteiger partial charge on any atom is -0.461 e. The number of carbonyl (C=O) groups is 2. The van der Waals surface area contributed by atoms with Gasteiger partial charge in [-0.25, -0.2) is 9.97 Å². The number of morpholine rings is 1. The first kappa shape index (κ1) is 21.6. The van der Waals surface area contributed by atoms with Crippen molar-refractivity contribution in [2.45, 2.75) is 39.2 Å². The first-order chi connectivity index (χ1) is 16.0. The van der Waals surface area contributed by atoms with Gasteiger partial charge < -0.3 is 19.0 Å². The van der Waals surface area contributed by atoms with Crippen molar-refractivity contribution in [1.29, 1.82) is 0 Å². The molecule has 2 amide bonds. The van der Waals surface area contributed by atoms with E-state index in [1.165, 1.54) is 0 Å². The summed E-state index contributed by atoms with van der Waals surface area (Å²) in [6, 6.07) is 7.28. The molecule has 1 aromatic carbocycles. The molecule has 0 N–H and O–H groups in total. The van der Waals surface area contributed by atoms with Gasteiger partial charge in [-0.3, -0.25) is 9.59 Å². The first-order valence-electron chi connectivity index (χ1n) is 11.5. The Bertz CT molecular complexity index is 1200. The number of rotatable bonds is 3. The Morgan fingerprint density at radius 3 is 2.64 bits per heavy atom. The summed E-state index contributed by atoms with van der Waals surface area (Å²) < 4.78 is 11.0. The SMILES string of the molecule is Cc1cc2cc(C(=O)N3CCCCC3c3ncc(C(=O)N4CCOCC4)c(C)n3)ccc2o1. The molecule has 33 heavy (non-hydrogen) atoms. The summed E-state index contributed by atoms with van der Waals surface area (Å²) in [7, 11) is 0. The quantitative estimate of drug-likeness (QED) is 0.607. The van der Waals surface area contributed by atoms with E-state index in [1.54, 1.807) is 11.1 Å². The molecule has 2 aliphatic rings. The lowest BCUT2D eigenvalue weighted by Crippen LogP contribution is -2.41. The van der Waals surface area contributed by atoms with Crippen molar-refractivity contribution in [3.8, 4) is 0 Å². The van der Waals surface area contributed by atoms with Crippen molar-refractivity contribution in [3.05, 3.63) is 58.9 Å². The van der Waals surface area contributed by atoms with E-state index in [1.807, 2.05) is 43.0 Å². The van der Waals surface area contributed by atoms with Gasteiger partial charge in [0.25, 0.3) is 11.8 Å². The first-order valence-corrected chi connectivity index (χ1v) is 11.5. The van der Waals surface area contributed by atoms with E-state index in [4.69, 9.17) is 14.1 Å². The lowest BCUT2D eigenvalue weighted by molar-refractivity contribution is 0.0301. The van der Waals surface area contributed by atoms with Crippen LogP contribution in [-0.4, -0.2) is 64.4 Å². The van der Waals surface area contributed by atoms with Gasteiger partial charge in [-0.05, 0) is 57.4 Å². The molecular weight excluding hydrogens is 420 g/mol. The molecule has 2 fully saturated rings. The fourth-order valence-corrected chi connectivity index (χ4v) is 4.71. The summed E-state index contributed by atoms with van der Waals surface area (Å²) in [4.78, 5) is 39.3. The number of aromatic nitrogens is 2. The summed E-state index contributed by atoms with van der Waals surface area (Å²) >= 11 is 0. The highest BCUT2D eigenvalue weighted by Crippen LogP contribution is 2.31. The number of nitrogens with zero attached hydrogens (tertiary/aromatic N) is 4. The van der Waals surface area contributed by atoms with Crippen LogP contribution >= 0.6 is 0 Å². The van der Waals surface area contributed by atoms with Crippen molar-refractivity contribution < 1.29 is 18.7 Å².